The van der Waals surface area contributed by atoms with Crippen LogP contribution in [0.2, 0.25) is 0 Å². The first kappa shape index (κ1) is 26.5. The van der Waals surface area contributed by atoms with Crippen LogP contribution in [-0.4, -0.2) is 60.6 Å². The van der Waals surface area contributed by atoms with E-state index < -0.39 is 12.0 Å². The third-order valence-electron chi connectivity index (χ3n) is 6.29. The highest BCUT2D eigenvalue weighted by Gasteiger charge is 2.29. The molecule has 35 heavy (non-hydrogen) atoms. The Bertz CT molecular complexity index is 1000. The van der Waals surface area contributed by atoms with Crippen LogP contribution in [0.4, 0.5) is 15.5 Å². The van der Waals surface area contributed by atoms with Gasteiger partial charge < -0.3 is 20.2 Å². The fourth-order valence-electron chi connectivity index (χ4n) is 4.27. The molecule has 8 nitrogen and oxygen atoms in total. The largest absolute Gasteiger partial charge is 0.478 e. The zero-order chi connectivity index (χ0) is 25.2. The number of rotatable bonds is 11. The monoisotopic (exact) mass is 500 g/mol. The second-order valence-electron chi connectivity index (χ2n) is 8.83. The van der Waals surface area contributed by atoms with Crippen LogP contribution >= 0.6 is 11.3 Å². The molecule has 2 heterocycles. The number of nitrogens with one attached hydrogen (secondary N) is 2. The molecular formula is C26H36N4O4S. The maximum absolute atomic E-state index is 13.3. The Morgan fingerprint density at radius 3 is 2.29 bits per heavy atom. The third-order valence-corrected chi connectivity index (χ3v) is 7.48. The maximum atomic E-state index is 13.3. The molecule has 2 aromatic rings. The number of anilines is 2. The van der Waals surface area contributed by atoms with Crippen LogP contribution in [0.3, 0.4) is 0 Å². The van der Waals surface area contributed by atoms with Gasteiger partial charge in [-0.2, -0.15) is 0 Å². The number of carboxylic acids is 1. The van der Waals surface area contributed by atoms with Crippen molar-refractivity contribution in [2.45, 2.75) is 52.4 Å². The van der Waals surface area contributed by atoms with E-state index in [1.165, 1.54) is 19.3 Å². The fraction of sp³-hybridized carbons (Fsp3) is 0.500. The maximum Gasteiger partial charge on any atom is 0.339 e. The summed E-state index contributed by atoms with van der Waals surface area (Å²) >= 11 is 1.04. The number of thiophene rings is 1. The van der Waals surface area contributed by atoms with Gasteiger partial charge in [-0.15, -0.1) is 11.3 Å². The number of benzene rings is 1. The molecule has 1 aliphatic rings. The molecule has 190 valence electrons. The Morgan fingerprint density at radius 1 is 0.971 bits per heavy atom. The van der Waals surface area contributed by atoms with Crippen LogP contribution in [0.25, 0.3) is 0 Å². The molecule has 3 amide bonds. The van der Waals surface area contributed by atoms with Gasteiger partial charge in [-0.1, -0.05) is 57.2 Å². The van der Waals surface area contributed by atoms with Gasteiger partial charge in [0.1, 0.15) is 5.00 Å². The van der Waals surface area contributed by atoms with Crippen molar-refractivity contribution in [3.8, 4) is 0 Å². The van der Waals surface area contributed by atoms with Crippen molar-refractivity contribution in [1.82, 2.24) is 10.2 Å². The molecule has 1 fully saturated rings. The van der Waals surface area contributed by atoms with E-state index in [0.29, 0.717) is 43.2 Å². The van der Waals surface area contributed by atoms with Crippen LogP contribution in [0.5, 0.6) is 0 Å². The van der Waals surface area contributed by atoms with Crippen LogP contribution in [0, 0.1) is 6.92 Å². The highest BCUT2D eigenvalue weighted by molar-refractivity contribution is 7.18. The summed E-state index contributed by atoms with van der Waals surface area (Å²) in [5.74, 6) is -1.35. The van der Waals surface area contributed by atoms with Crippen molar-refractivity contribution >= 4 is 39.9 Å². The molecule has 3 N–H and O–H groups in total. The van der Waals surface area contributed by atoms with Gasteiger partial charge in [0.25, 0.3) is 5.91 Å². The lowest BCUT2D eigenvalue weighted by Gasteiger charge is -2.36. The van der Waals surface area contributed by atoms with E-state index in [2.05, 4.69) is 34.6 Å². The van der Waals surface area contributed by atoms with Crippen molar-refractivity contribution in [2.24, 2.45) is 0 Å². The van der Waals surface area contributed by atoms with E-state index in [1.807, 2.05) is 18.2 Å². The molecular weight excluding hydrogens is 464 g/mol. The first-order chi connectivity index (χ1) is 16.9. The number of unbranched alkanes of at least 4 members (excludes halogenated alkanes) is 5. The number of carbonyl (C=O) groups is 3. The second-order valence-corrected chi connectivity index (χ2v) is 9.85. The van der Waals surface area contributed by atoms with Gasteiger partial charge in [-0.05, 0) is 31.0 Å². The number of hydrogen-bond donors (Lipinski definition) is 3. The van der Waals surface area contributed by atoms with Crippen LogP contribution in [0.1, 0.15) is 71.0 Å². The van der Waals surface area contributed by atoms with E-state index in [4.69, 9.17) is 0 Å². The van der Waals surface area contributed by atoms with Gasteiger partial charge in [-0.3, -0.25) is 10.1 Å². The van der Waals surface area contributed by atoms with E-state index in [-0.39, 0.29) is 16.5 Å². The molecule has 0 atom stereocenters. The second kappa shape index (κ2) is 13.1. The van der Waals surface area contributed by atoms with Crippen LogP contribution in [0.15, 0.2) is 30.3 Å². The Morgan fingerprint density at radius 2 is 1.63 bits per heavy atom. The SMILES string of the molecule is CCCCCCCCNC(=O)Nc1sc(C(=O)N2CCN(c3ccccc3)CC2)c(C)c1C(=O)O. The normalized spacial score (nSPS) is 13.5. The van der Waals surface area contributed by atoms with Gasteiger partial charge >= 0.3 is 12.0 Å². The zero-order valence-electron chi connectivity index (χ0n) is 20.6. The smallest absolute Gasteiger partial charge is 0.339 e. The summed E-state index contributed by atoms with van der Waals surface area (Å²) in [4.78, 5) is 41.9. The first-order valence-electron chi connectivity index (χ1n) is 12.4. The van der Waals surface area contributed by atoms with E-state index in [0.717, 1.165) is 36.3 Å². The van der Waals surface area contributed by atoms with Crippen LogP contribution < -0.4 is 15.5 Å². The minimum atomic E-state index is -1.15. The number of amides is 3. The summed E-state index contributed by atoms with van der Waals surface area (Å²) in [5.41, 5.74) is 1.50. The van der Waals surface area contributed by atoms with Gasteiger partial charge in [0.2, 0.25) is 0 Å². The number of urea groups is 1. The number of carboxylic acid groups (broad SMARTS) is 1. The predicted molar refractivity (Wildman–Crippen MR) is 141 cm³/mol. The van der Waals surface area contributed by atoms with E-state index >= 15 is 0 Å². The Balaban J connectivity index is 1.58. The highest BCUT2D eigenvalue weighted by Crippen LogP contribution is 2.34. The molecule has 0 radical (unpaired) electrons. The van der Waals surface area contributed by atoms with Crippen molar-refractivity contribution in [2.75, 3.05) is 42.9 Å². The standard InChI is InChI=1S/C26H36N4O4S/c1-3-4-5-6-7-11-14-27-26(34)28-23-21(25(32)33)19(2)22(35-23)24(31)30-17-15-29(16-18-30)20-12-9-8-10-13-20/h8-10,12-13H,3-7,11,14-18H2,1-2H3,(H,32,33)(H2,27,28,34). The van der Waals surface area contributed by atoms with Crippen LogP contribution in [-0.2, 0) is 0 Å². The van der Waals surface area contributed by atoms with Crippen molar-refractivity contribution in [1.29, 1.82) is 0 Å². The average molecular weight is 501 g/mol. The minimum Gasteiger partial charge on any atom is -0.478 e. The summed E-state index contributed by atoms with van der Waals surface area (Å²) < 4.78 is 0. The highest BCUT2D eigenvalue weighted by atomic mass is 32.1. The summed E-state index contributed by atoms with van der Waals surface area (Å²) in [6.07, 6.45) is 6.71. The molecule has 1 aliphatic heterocycles. The lowest BCUT2D eigenvalue weighted by molar-refractivity contribution is 0.0697. The molecule has 0 spiro atoms. The topological polar surface area (TPSA) is 102 Å². The number of hydrogen-bond acceptors (Lipinski definition) is 5. The lowest BCUT2D eigenvalue weighted by atomic mass is 10.1. The molecule has 0 saturated carbocycles. The lowest BCUT2D eigenvalue weighted by Crippen LogP contribution is -2.48. The first-order valence-corrected chi connectivity index (χ1v) is 13.2. The number of piperazine rings is 1. The number of carbonyl (C=O) groups excluding carboxylic acids is 2. The number of para-hydroxylation sites is 1. The van der Waals surface area contributed by atoms with Gasteiger partial charge in [-0.25, -0.2) is 9.59 Å². The summed E-state index contributed by atoms with van der Waals surface area (Å²) in [6.45, 7) is 6.85. The number of aromatic carboxylic acids is 1. The number of nitrogens with zero attached hydrogens (tertiary/aromatic N) is 2. The third kappa shape index (κ3) is 7.21. The molecule has 1 aromatic heterocycles. The van der Waals surface area contributed by atoms with E-state index in [1.54, 1.807) is 11.8 Å². The summed E-state index contributed by atoms with van der Waals surface area (Å²) in [5, 5.41) is 15.4. The molecule has 1 saturated heterocycles. The fourth-order valence-corrected chi connectivity index (χ4v) is 5.43. The molecule has 3 rings (SSSR count). The quantitative estimate of drug-likeness (QED) is 0.368. The minimum absolute atomic E-state index is 0.0176. The molecule has 9 heteroatoms. The average Bonchev–Trinajstić information content (AvgIpc) is 3.19. The molecule has 0 bridgehead atoms. The van der Waals surface area contributed by atoms with Crippen molar-refractivity contribution < 1.29 is 19.5 Å². The summed E-state index contributed by atoms with van der Waals surface area (Å²) in [7, 11) is 0. The zero-order valence-corrected chi connectivity index (χ0v) is 21.5. The molecule has 0 aliphatic carbocycles. The van der Waals surface area contributed by atoms with Crippen molar-refractivity contribution in [3.05, 3.63) is 46.3 Å². The predicted octanol–water partition coefficient (Wildman–Crippen LogP) is 5.20. The summed E-state index contributed by atoms with van der Waals surface area (Å²) in [6, 6.07) is 9.62. The molecule has 0 unspecified atom stereocenters. The Labute approximate surface area is 211 Å². The van der Waals surface area contributed by atoms with Gasteiger partial charge in [0.05, 0.1) is 10.4 Å². The Hall–Kier alpha value is -3.07. The van der Waals surface area contributed by atoms with Gasteiger partial charge in [0.15, 0.2) is 0 Å². The molecule has 1 aromatic carbocycles. The van der Waals surface area contributed by atoms with E-state index in [9.17, 15) is 19.5 Å². The van der Waals surface area contributed by atoms with Gasteiger partial charge in [0, 0.05) is 38.4 Å². The Kier molecular flexibility index (Phi) is 9.96. The van der Waals surface area contributed by atoms with Crippen molar-refractivity contribution in [3.63, 3.8) is 0 Å².